The molecule has 1 aromatic heterocycles. The van der Waals surface area contributed by atoms with E-state index in [1.807, 2.05) is 5.38 Å². The summed E-state index contributed by atoms with van der Waals surface area (Å²) in [4.78, 5) is 11.9. The van der Waals surface area contributed by atoms with Crippen LogP contribution in [0.4, 0.5) is 0 Å². The van der Waals surface area contributed by atoms with Gasteiger partial charge in [0.05, 0.1) is 6.07 Å². The first-order chi connectivity index (χ1) is 8.16. The van der Waals surface area contributed by atoms with E-state index in [2.05, 4.69) is 29.8 Å². The van der Waals surface area contributed by atoms with Crippen molar-refractivity contribution in [2.75, 3.05) is 6.54 Å². The molecule has 3 nitrogen and oxygen atoms in total. The van der Waals surface area contributed by atoms with Gasteiger partial charge in [-0.05, 0) is 47.6 Å². The highest BCUT2D eigenvalue weighted by atomic mass is 32.1. The van der Waals surface area contributed by atoms with Crippen LogP contribution in [0.1, 0.15) is 25.3 Å². The predicted molar refractivity (Wildman–Crippen MR) is 67.5 cm³/mol. The first kappa shape index (κ1) is 12.1. The Morgan fingerprint density at radius 3 is 3.00 bits per heavy atom. The third-order valence-electron chi connectivity index (χ3n) is 3.32. The van der Waals surface area contributed by atoms with Gasteiger partial charge >= 0.3 is 0 Å². The van der Waals surface area contributed by atoms with E-state index in [9.17, 15) is 4.79 Å². The van der Waals surface area contributed by atoms with E-state index in [0.717, 1.165) is 6.42 Å². The number of nitriles is 1. The van der Waals surface area contributed by atoms with Crippen molar-refractivity contribution in [2.45, 2.75) is 26.2 Å². The average molecular weight is 248 g/mol. The smallest absolute Gasteiger partial charge is 0.240 e. The second-order valence-electron chi connectivity index (χ2n) is 4.84. The van der Waals surface area contributed by atoms with Crippen LogP contribution >= 0.6 is 11.3 Å². The summed E-state index contributed by atoms with van der Waals surface area (Å²) in [6, 6.07) is 4.24. The molecule has 1 saturated carbocycles. The zero-order valence-electron chi connectivity index (χ0n) is 9.90. The molecular weight excluding hydrogens is 232 g/mol. The summed E-state index contributed by atoms with van der Waals surface area (Å²) >= 11 is 1.66. The van der Waals surface area contributed by atoms with Crippen LogP contribution in [-0.4, -0.2) is 12.5 Å². The van der Waals surface area contributed by atoms with Crippen molar-refractivity contribution in [3.05, 3.63) is 22.4 Å². The summed E-state index contributed by atoms with van der Waals surface area (Å²) in [6.07, 6.45) is 2.24. The van der Waals surface area contributed by atoms with Crippen molar-refractivity contribution in [1.82, 2.24) is 5.32 Å². The fourth-order valence-electron chi connectivity index (χ4n) is 2.38. The number of hydrogen-bond acceptors (Lipinski definition) is 3. The fraction of sp³-hybridized carbons (Fsp3) is 0.538. The third-order valence-corrected chi connectivity index (χ3v) is 4.05. The second kappa shape index (κ2) is 4.89. The molecule has 1 aliphatic rings. The highest BCUT2D eigenvalue weighted by Gasteiger charge is 2.48. The number of carbonyl (C=O) groups is 1. The van der Waals surface area contributed by atoms with Gasteiger partial charge in [0.1, 0.15) is 5.41 Å². The van der Waals surface area contributed by atoms with Gasteiger partial charge in [-0.25, -0.2) is 0 Å². The van der Waals surface area contributed by atoms with E-state index in [4.69, 9.17) is 5.26 Å². The molecular formula is C13H16N2OS. The van der Waals surface area contributed by atoms with Gasteiger partial charge in [0, 0.05) is 6.54 Å². The molecule has 1 amide bonds. The van der Waals surface area contributed by atoms with Crippen LogP contribution in [0, 0.1) is 22.7 Å². The Hall–Kier alpha value is -1.34. The van der Waals surface area contributed by atoms with Crippen molar-refractivity contribution in [3.63, 3.8) is 0 Å². The molecule has 0 aliphatic heterocycles. The lowest BCUT2D eigenvalue weighted by Crippen LogP contribution is -2.48. The number of carbonyl (C=O) groups excluding carboxylic acids is 1. The van der Waals surface area contributed by atoms with Crippen molar-refractivity contribution >= 4 is 17.2 Å². The maximum atomic E-state index is 11.9. The molecule has 0 bridgehead atoms. The summed E-state index contributed by atoms with van der Waals surface area (Å²) in [5, 5.41) is 16.1. The number of hydrogen-bond donors (Lipinski definition) is 1. The van der Waals surface area contributed by atoms with E-state index in [1.165, 1.54) is 5.56 Å². The summed E-state index contributed by atoms with van der Waals surface area (Å²) in [6.45, 7) is 2.70. The topological polar surface area (TPSA) is 52.9 Å². The normalized spacial score (nSPS) is 26.9. The van der Waals surface area contributed by atoms with Crippen molar-refractivity contribution in [1.29, 1.82) is 5.26 Å². The van der Waals surface area contributed by atoms with Crippen LogP contribution in [0.2, 0.25) is 0 Å². The maximum absolute atomic E-state index is 11.9. The van der Waals surface area contributed by atoms with Crippen molar-refractivity contribution in [2.24, 2.45) is 11.3 Å². The van der Waals surface area contributed by atoms with Gasteiger partial charge in [0.25, 0.3) is 0 Å². The van der Waals surface area contributed by atoms with Crippen LogP contribution in [-0.2, 0) is 11.2 Å². The van der Waals surface area contributed by atoms with Crippen LogP contribution in [0.5, 0.6) is 0 Å². The zero-order chi connectivity index (χ0) is 12.3. The molecule has 1 N–H and O–H groups in total. The molecule has 1 aliphatic carbocycles. The highest BCUT2D eigenvalue weighted by molar-refractivity contribution is 7.07. The lowest BCUT2D eigenvalue weighted by Gasteiger charge is -2.39. The second-order valence-corrected chi connectivity index (χ2v) is 5.62. The fourth-order valence-corrected chi connectivity index (χ4v) is 3.08. The van der Waals surface area contributed by atoms with Crippen LogP contribution in [0.3, 0.4) is 0 Å². The van der Waals surface area contributed by atoms with Crippen LogP contribution < -0.4 is 5.32 Å². The number of nitrogens with one attached hydrogen (secondary N) is 1. The Morgan fingerprint density at radius 2 is 2.47 bits per heavy atom. The molecule has 2 rings (SSSR count). The Kier molecular flexibility index (Phi) is 3.49. The van der Waals surface area contributed by atoms with Gasteiger partial charge < -0.3 is 5.32 Å². The number of amides is 1. The molecule has 0 atom stereocenters. The van der Waals surface area contributed by atoms with E-state index in [0.29, 0.717) is 25.3 Å². The largest absolute Gasteiger partial charge is 0.354 e. The molecule has 0 spiro atoms. The van der Waals surface area contributed by atoms with E-state index in [1.54, 1.807) is 11.3 Å². The Balaban J connectivity index is 1.80. The lowest BCUT2D eigenvalue weighted by molar-refractivity contribution is -0.133. The zero-order valence-corrected chi connectivity index (χ0v) is 10.7. The van der Waals surface area contributed by atoms with Crippen molar-refractivity contribution < 1.29 is 4.79 Å². The molecule has 17 heavy (non-hydrogen) atoms. The SMILES string of the molecule is CC1CC(C#N)(C(=O)NCCc2ccsc2)C1. The molecule has 0 saturated heterocycles. The summed E-state index contributed by atoms with van der Waals surface area (Å²) in [5.74, 6) is 0.408. The predicted octanol–water partition coefficient (Wildman–Crippen LogP) is 2.35. The summed E-state index contributed by atoms with van der Waals surface area (Å²) < 4.78 is 0. The first-order valence-electron chi connectivity index (χ1n) is 5.87. The van der Waals surface area contributed by atoms with Gasteiger partial charge in [-0.15, -0.1) is 0 Å². The quantitative estimate of drug-likeness (QED) is 0.889. The third kappa shape index (κ3) is 2.50. The molecule has 0 radical (unpaired) electrons. The lowest BCUT2D eigenvalue weighted by atomic mass is 9.63. The van der Waals surface area contributed by atoms with E-state index < -0.39 is 5.41 Å². The first-order valence-corrected chi connectivity index (χ1v) is 6.81. The minimum absolute atomic E-state index is 0.0895. The van der Waals surface area contributed by atoms with Crippen LogP contribution in [0.25, 0.3) is 0 Å². The minimum atomic E-state index is -0.742. The highest BCUT2D eigenvalue weighted by Crippen LogP contribution is 2.44. The molecule has 90 valence electrons. The molecule has 4 heteroatoms. The summed E-state index contributed by atoms with van der Waals surface area (Å²) in [5.41, 5.74) is 0.497. The standard InChI is InChI=1S/C13H16N2OS/c1-10-6-13(7-10,9-14)12(16)15-4-2-11-3-5-17-8-11/h3,5,8,10H,2,4,6-7H2,1H3,(H,15,16). The Bertz CT molecular complexity index is 427. The molecule has 0 unspecified atom stereocenters. The molecule has 1 heterocycles. The van der Waals surface area contributed by atoms with Crippen LogP contribution in [0.15, 0.2) is 16.8 Å². The van der Waals surface area contributed by atoms with E-state index in [-0.39, 0.29) is 5.91 Å². The van der Waals surface area contributed by atoms with Gasteiger partial charge in [0.2, 0.25) is 5.91 Å². The monoisotopic (exact) mass is 248 g/mol. The van der Waals surface area contributed by atoms with Gasteiger partial charge in [-0.1, -0.05) is 6.92 Å². The van der Waals surface area contributed by atoms with Gasteiger partial charge in [0.15, 0.2) is 0 Å². The van der Waals surface area contributed by atoms with E-state index >= 15 is 0 Å². The maximum Gasteiger partial charge on any atom is 0.240 e. The number of nitrogens with zero attached hydrogens (tertiary/aromatic N) is 1. The number of rotatable bonds is 4. The van der Waals surface area contributed by atoms with Gasteiger partial charge in [-0.2, -0.15) is 16.6 Å². The molecule has 1 aromatic rings. The Morgan fingerprint density at radius 1 is 1.71 bits per heavy atom. The van der Waals surface area contributed by atoms with Crippen molar-refractivity contribution in [3.8, 4) is 6.07 Å². The minimum Gasteiger partial charge on any atom is -0.354 e. The average Bonchev–Trinajstić information content (AvgIpc) is 2.77. The molecule has 0 aromatic carbocycles. The summed E-state index contributed by atoms with van der Waals surface area (Å²) in [7, 11) is 0. The number of thiophene rings is 1. The Labute approximate surface area is 105 Å². The molecule has 1 fully saturated rings. The van der Waals surface area contributed by atoms with Gasteiger partial charge in [-0.3, -0.25) is 4.79 Å².